The largest absolute Gasteiger partial charge is 0.160 e. The smallest absolute Gasteiger partial charge is 0.0794 e. The predicted octanol–water partition coefficient (Wildman–Crippen LogP) is 1.34. The Morgan fingerprint density at radius 3 is 2.29 bits per heavy atom. The molecule has 2 nitrogen and oxygen atoms in total. The topological polar surface area (TPSA) is 24.7 Å². The minimum atomic E-state index is 0.935. The van der Waals surface area contributed by atoms with Gasteiger partial charge in [-0.1, -0.05) is 0 Å². The monoisotopic (exact) mass is 116 g/mol. The van der Waals surface area contributed by atoms with E-state index in [9.17, 15) is 0 Å². The lowest BCUT2D eigenvalue weighted by Gasteiger charge is -1.76. The molecule has 0 atom stereocenters. The van der Waals surface area contributed by atoms with Crippen LogP contribution in [0.2, 0.25) is 0 Å². The van der Waals surface area contributed by atoms with Gasteiger partial charge in [0.1, 0.15) is 0 Å². The highest BCUT2D eigenvalue weighted by molar-refractivity contribution is 7.94. The van der Waals surface area contributed by atoms with Crippen LogP contribution >= 0.6 is 12.6 Å². The quantitative estimate of drug-likeness (QED) is 0.231. The highest BCUT2D eigenvalue weighted by atomic mass is 32.1. The van der Waals surface area contributed by atoms with Crippen LogP contribution in [0.5, 0.6) is 0 Å². The van der Waals surface area contributed by atoms with Gasteiger partial charge in [-0.25, -0.2) is 0 Å². The molecule has 0 aliphatic rings. The lowest BCUT2D eigenvalue weighted by atomic mass is 10.5. The van der Waals surface area contributed by atoms with Crippen molar-refractivity contribution in [2.75, 3.05) is 0 Å². The Bertz CT molecular complexity index is 91.9. The Morgan fingerprint density at radius 1 is 1.57 bits per heavy atom. The fourth-order valence-corrected chi connectivity index (χ4v) is 0.193. The molecule has 0 saturated carbocycles. The summed E-state index contributed by atoms with van der Waals surface area (Å²) in [7, 11) is 0. The Morgan fingerprint density at radius 2 is 2.14 bits per heavy atom. The zero-order chi connectivity index (χ0) is 5.70. The molecular formula is C4H8N2S. The van der Waals surface area contributed by atoms with Crippen molar-refractivity contribution in [2.45, 2.75) is 13.8 Å². The first kappa shape index (κ1) is 6.69. The minimum absolute atomic E-state index is 0.935. The van der Waals surface area contributed by atoms with E-state index in [0.717, 1.165) is 5.71 Å². The van der Waals surface area contributed by atoms with Crippen LogP contribution in [-0.2, 0) is 0 Å². The third kappa shape index (κ3) is 5.69. The Kier molecular flexibility index (Phi) is 3.69. The third-order valence-electron chi connectivity index (χ3n) is 0.309. The Labute approximate surface area is 48.7 Å². The molecule has 0 unspecified atom stereocenters. The molecule has 0 bridgehead atoms. The van der Waals surface area contributed by atoms with E-state index in [1.807, 2.05) is 13.8 Å². The minimum Gasteiger partial charge on any atom is -0.160 e. The second kappa shape index (κ2) is 3.87. The number of thiol groups is 1. The van der Waals surface area contributed by atoms with Gasteiger partial charge in [-0.2, -0.15) is 10.2 Å². The molecule has 0 amide bonds. The van der Waals surface area contributed by atoms with E-state index in [4.69, 9.17) is 0 Å². The first-order valence-electron chi connectivity index (χ1n) is 1.94. The van der Waals surface area contributed by atoms with Crippen LogP contribution < -0.4 is 0 Å². The molecule has 0 radical (unpaired) electrons. The maximum Gasteiger partial charge on any atom is 0.0794 e. The fourth-order valence-electron chi connectivity index (χ4n) is 0.141. The van der Waals surface area contributed by atoms with E-state index >= 15 is 0 Å². The summed E-state index contributed by atoms with van der Waals surface area (Å²) in [6.07, 6.45) is 0. The van der Waals surface area contributed by atoms with Gasteiger partial charge in [-0.05, 0) is 13.8 Å². The number of rotatable bonds is 1. The van der Waals surface area contributed by atoms with Gasteiger partial charge in [-0.15, -0.1) is 12.6 Å². The highest BCUT2D eigenvalue weighted by Crippen LogP contribution is 1.74. The lowest BCUT2D eigenvalue weighted by Crippen LogP contribution is -1.74. The van der Waals surface area contributed by atoms with Gasteiger partial charge in [0, 0.05) is 5.71 Å². The second-order valence-electron chi connectivity index (χ2n) is 1.28. The molecule has 3 heteroatoms. The summed E-state index contributed by atoms with van der Waals surface area (Å²) in [4.78, 5) is 0. The van der Waals surface area contributed by atoms with E-state index in [1.54, 1.807) is 0 Å². The summed E-state index contributed by atoms with van der Waals surface area (Å²) in [5.74, 6) is 0. The summed E-state index contributed by atoms with van der Waals surface area (Å²) < 4.78 is 0. The molecule has 0 aromatic heterocycles. The van der Waals surface area contributed by atoms with Gasteiger partial charge in [-0.3, -0.25) is 0 Å². The summed E-state index contributed by atoms with van der Waals surface area (Å²) >= 11 is 3.70. The molecule has 0 heterocycles. The van der Waals surface area contributed by atoms with Gasteiger partial charge >= 0.3 is 0 Å². The highest BCUT2D eigenvalue weighted by Gasteiger charge is 1.68. The molecule has 0 aliphatic carbocycles. The molecule has 40 valence electrons. The third-order valence-corrected chi connectivity index (χ3v) is 0.413. The van der Waals surface area contributed by atoms with Gasteiger partial charge in [0.2, 0.25) is 0 Å². The number of hydrogen-bond acceptors (Lipinski definition) is 2. The van der Waals surface area contributed by atoms with E-state index in [2.05, 4.69) is 22.8 Å². The van der Waals surface area contributed by atoms with Crippen LogP contribution in [0.25, 0.3) is 0 Å². The van der Waals surface area contributed by atoms with Crippen LogP contribution in [0, 0.1) is 0 Å². The van der Waals surface area contributed by atoms with Crippen molar-refractivity contribution in [1.82, 2.24) is 0 Å². The predicted molar refractivity (Wildman–Crippen MR) is 36.3 cm³/mol. The standard InChI is InChI=1S/C4H8N2S/c1-4(2)6-5-3-7/h3H,1-2H3,(H,5,7). The second-order valence-corrected chi connectivity index (χ2v) is 1.51. The maximum atomic E-state index is 3.70. The van der Waals surface area contributed by atoms with Crippen molar-refractivity contribution >= 4 is 23.9 Å². The molecule has 0 rings (SSSR count). The molecule has 0 spiro atoms. The van der Waals surface area contributed by atoms with Gasteiger partial charge in [0.25, 0.3) is 0 Å². The van der Waals surface area contributed by atoms with Crippen LogP contribution in [0.4, 0.5) is 0 Å². The van der Waals surface area contributed by atoms with Crippen molar-refractivity contribution in [3.63, 3.8) is 0 Å². The normalized spacial score (nSPS) is 9.57. The van der Waals surface area contributed by atoms with Crippen molar-refractivity contribution in [3.05, 3.63) is 0 Å². The van der Waals surface area contributed by atoms with E-state index in [1.165, 1.54) is 5.55 Å². The van der Waals surface area contributed by atoms with Crippen LogP contribution in [0.3, 0.4) is 0 Å². The van der Waals surface area contributed by atoms with E-state index in [-0.39, 0.29) is 0 Å². The van der Waals surface area contributed by atoms with Crippen LogP contribution in [-0.4, -0.2) is 11.3 Å². The van der Waals surface area contributed by atoms with Gasteiger partial charge in [0.15, 0.2) is 0 Å². The summed E-state index contributed by atoms with van der Waals surface area (Å²) in [6.45, 7) is 3.75. The molecule has 0 aromatic carbocycles. The Hall–Kier alpha value is -0.310. The zero-order valence-electron chi connectivity index (χ0n) is 4.42. The van der Waals surface area contributed by atoms with Crippen LogP contribution in [0.15, 0.2) is 10.2 Å². The van der Waals surface area contributed by atoms with Crippen molar-refractivity contribution in [1.29, 1.82) is 0 Å². The molecule has 7 heavy (non-hydrogen) atoms. The molecule has 0 fully saturated rings. The van der Waals surface area contributed by atoms with Gasteiger partial charge in [0.05, 0.1) is 5.55 Å². The zero-order valence-corrected chi connectivity index (χ0v) is 5.31. The first-order chi connectivity index (χ1) is 3.27. The Balaban J connectivity index is 3.46. The average molecular weight is 116 g/mol. The summed E-state index contributed by atoms with van der Waals surface area (Å²) in [5.41, 5.74) is 2.29. The summed E-state index contributed by atoms with van der Waals surface area (Å²) in [5, 5.41) is 7.15. The molecule has 0 aliphatic heterocycles. The van der Waals surface area contributed by atoms with E-state index in [0.29, 0.717) is 0 Å². The molecular weight excluding hydrogens is 108 g/mol. The van der Waals surface area contributed by atoms with Crippen LogP contribution in [0.1, 0.15) is 13.8 Å². The summed E-state index contributed by atoms with van der Waals surface area (Å²) in [6, 6.07) is 0. The first-order valence-corrected chi connectivity index (χ1v) is 2.46. The number of hydrogen-bond donors (Lipinski definition) is 1. The fraction of sp³-hybridized carbons (Fsp3) is 0.500. The van der Waals surface area contributed by atoms with Crippen molar-refractivity contribution in [3.8, 4) is 0 Å². The molecule has 0 saturated heterocycles. The maximum absolute atomic E-state index is 3.70. The number of nitrogens with zero attached hydrogens (tertiary/aromatic N) is 2. The average Bonchev–Trinajstić information content (AvgIpc) is 1.61. The SMILES string of the molecule is CC(C)=N/N=C\S. The van der Waals surface area contributed by atoms with E-state index < -0.39 is 0 Å². The lowest BCUT2D eigenvalue weighted by molar-refractivity contribution is 1.24. The van der Waals surface area contributed by atoms with Crippen molar-refractivity contribution in [2.24, 2.45) is 10.2 Å². The van der Waals surface area contributed by atoms with Crippen molar-refractivity contribution < 1.29 is 0 Å². The molecule has 0 aromatic rings. The molecule has 0 N–H and O–H groups in total. The van der Waals surface area contributed by atoms with Gasteiger partial charge < -0.3 is 0 Å².